The summed E-state index contributed by atoms with van der Waals surface area (Å²) >= 11 is 0. The molecule has 4 nitrogen and oxygen atoms in total. The molecule has 0 aromatic carbocycles. The summed E-state index contributed by atoms with van der Waals surface area (Å²) in [7, 11) is 0. The summed E-state index contributed by atoms with van der Waals surface area (Å²) in [6.45, 7) is 5.40. The maximum absolute atomic E-state index is 5.32. The van der Waals surface area contributed by atoms with Gasteiger partial charge in [-0.1, -0.05) is 5.16 Å². The molecule has 1 atom stereocenters. The molecule has 1 saturated heterocycles. The molecule has 56 valence electrons. The number of rotatable bonds is 0. The van der Waals surface area contributed by atoms with Crippen LogP contribution in [0.5, 0.6) is 0 Å². The third kappa shape index (κ3) is 0.568. The Hall–Kier alpha value is -0.770. The molecule has 2 heterocycles. The van der Waals surface area contributed by atoms with E-state index in [4.69, 9.17) is 9.57 Å². The van der Waals surface area contributed by atoms with Crippen LogP contribution >= 0.6 is 0 Å². The fraction of sp³-hybridized carbons (Fsp3) is 0.833. The van der Waals surface area contributed by atoms with Gasteiger partial charge in [0.05, 0.1) is 6.61 Å². The first kappa shape index (κ1) is 5.97. The molecule has 0 radical (unpaired) electrons. The van der Waals surface area contributed by atoms with Crippen molar-refractivity contribution in [2.75, 3.05) is 13.2 Å². The second-order valence-corrected chi connectivity index (χ2v) is 2.63. The highest BCUT2D eigenvalue weighted by Gasteiger charge is 2.45. The number of fused-ring (bicyclic) bond motifs is 1. The molecule has 2 rings (SSSR count). The van der Waals surface area contributed by atoms with Crippen molar-refractivity contribution >= 4 is 5.84 Å². The molecule has 0 spiro atoms. The van der Waals surface area contributed by atoms with Crippen molar-refractivity contribution in [1.82, 2.24) is 4.90 Å². The Morgan fingerprint density at radius 3 is 3.20 bits per heavy atom. The van der Waals surface area contributed by atoms with Crippen LogP contribution in [0, 0.1) is 0 Å². The molecule has 0 bridgehead atoms. The fourth-order valence-corrected chi connectivity index (χ4v) is 1.34. The molecule has 0 aliphatic carbocycles. The molecule has 0 N–H and O–H groups in total. The van der Waals surface area contributed by atoms with Gasteiger partial charge < -0.3 is 9.57 Å². The lowest BCUT2D eigenvalue weighted by atomic mass is 10.4. The van der Waals surface area contributed by atoms with Gasteiger partial charge in [0.15, 0.2) is 0 Å². The monoisotopic (exact) mass is 142 g/mol. The predicted molar refractivity (Wildman–Crippen MR) is 35.3 cm³/mol. The van der Waals surface area contributed by atoms with Gasteiger partial charge in [0.2, 0.25) is 0 Å². The summed E-state index contributed by atoms with van der Waals surface area (Å²) in [4.78, 5) is 7.08. The molecule has 2 aliphatic heterocycles. The zero-order chi connectivity index (χ0) is 7.19. The maximum atomic E-state index is 5.32. The van der Waals surface area contributed by atoms with E-state index in [-0.39, 0.29) is 0 Å². The first-order valence-corrected chi connectivity index (χ1v) is 3.37. The van der Waals surface area contributed by atoms with Gasteiger partial charge in [-0.25, -0.2) is 0 Å². The zero-order valence-electron chi connectivity index (χ0n) is 6.13. The van der Waals surface area contributed by atoms with E-state index in [9.17, 15) is 0 Å². The van der Waals surface area contributed by atoms with Gasteiger partial charge in [0.25, 0.3) is 0 Å². The summed E-state index contributed by atoms with van der Waals surface area (Å²) in [6, 6.07) is 0. The Bertz CT molecular complexity index is 192. The fourth-order valence-electron chi connectivity index (χ4n) is 1.34. The van der Waals surface area contributed by atoms with Gasteiger partial charge >= 0.3 is 5.91 Å². The van der Waals surface area contributed by atoms with Gasteiger partial charge in [0.1, 0.15) is 5.84 Å². The third-order valence-corrected chi connectivity index (χ3v) is 1.91. The smallest absolute Gasteiger partial charge is 0.317 e. The maximum Gasteiger partial charge on any atom is 0.317 e. The largest absolute Gasteiger partial charge is 0.337 e. The topological polar surface area (TPSA) is 34.1 Å². The van der Waals surface area contributed by atoms with E-state index in [1.54, 1.807) is 0 Å². The van der Waals surface area contributed by atoms with Gasteiger partial charge in [-0.3, -0.25) is 4.90 Å². The average Bonchev–Trinajstić information content (AvgIpc) is 2.35. The van der Waals surface area contributed by atoms with E-state index in [0.29, 0.717) is 0 Å². The van der Waals surface area contributed by atoms with Crippen LogP contribution in [0.3, 0.4) is 0 Å². The highest BCUT2D eigenvalue weighted by atomic mass is 16.8. The van der Waals surface area contributed by atoms with Crippen LogP contribution in [0.25, 0.3) is 0 Å². The Morgan fingerprint density at radius 2 is 2.50 bits per heavy atom. The molecule has 0 saturated carbocycles. The molecule has 1 fully saturated rings. The average molecular weight is 142 g/mol. The van der Waals surface area contributed by atoms with E-state index in [2.05, 4.69) is 5.16 Å². The van der Waals surface area contributed by atoms with E-state index >= 15 is 0 Å². The van der Waals surface area contributed by atoms with Gasteiger partial charge in [-0.2, -0.15) is 0 Å². The molecule has 0 amide bonds. The normalized spacial score (nSPS) is 37.4. The molecule has 0 aromatic heterocycles. The predicted octanol–water partition coefficient (Wildman–Crippen LogP) is 0.356. The quantitative estimate of drug-likeness (QED) is 0.489. The summed E-state index contributed by atoms with van der Waals surface area (Å²) in [5.74, 6) is 0.310. The summed E-state index contributed by atoms with van der Waals surface area (Å²) in [6.07, 6.45) is 0. The van der Waals surface area contributed by atoms with E-state index in [1.807, 2.05) is 18.7 Å². The summed E-state index contributed by atoms with van der Waals surface area (Å²) in [5.41, 5.74) is 0. The second kappa shape index (κ2) is 1.63. The number of hydrogen-bond donors (Lipinski definition) is 0. The Morgan fingerprint density at radius 1 is 1.70 bits per heavy atom. The van der Waals surface area contributed by atoms with E-state index in [1.165, 1.54) is 0 Å². The highest BCUT2D eigenvalue weighted by molar-refractivity contribution is 5.80. The number of oxime groups is 1. The van der Waals surface area contributed by atoms with Crippen molar-refractivity contribution < 1.29 is 9.57 Å². The van der Waals surface area contributed by atoms with Crippen LogP contribution < -0.4 is 0 Å². The first-order chi connectivity index (χ1) is 4.72. The number of amidine groups is 1. The molecule has 2 aliphatic rings. The first-order valence-electron chi connectivity index (χ1n) is 3.37. The number of ether oxygens (including phenoxy) is 1. The molecule has 10 heavy (non-hydrogen) atoms. The Labute approximate surface area is 59.4 Å². The van der Waals surface area contributed by atoms with Crippen molar-refractivity contribution in [2.45, 2.75) is 19.8 Å². The summed E-state index contributed by atoms with van der Waals surface area (Å²) < 4.78 is 5.32. The van der Waals surface area contributed by atoms with Gasteiger partial charge in [-0.15, -0.1) is 0 Å². The van der Waals surface area contributed by atoms with Crippen molar-refractivity contribution in [3.8, 4) is 0 Å². The lowest BCUT2D eigenvalue weighted by molar-refractivity contribution is -0.228. The zero-order valence-corrected chi connectivity index (χ0v) is 6.13. The van der Waals surface area contributed by atoms with Crippen LogP contribution in [0.15, 0.2) is 5.16 Å². The Balaban J connectivity index is 2.27. The van der Waals surface area contributed by atoms with Crippen LogP contribution in [0.2, 0.25) is 0 Å². The van der Waals surface area contributed by atoms with Crippen molar-refractivity contribution in [3.63, 3.8) is 0 Å². The number of hydrogen-bond acceptors (Lipinski definition) is 4. The Kier molecular flexibility index (Phi) is 0.976. The minimum absolute atomic E-state index is 0.593. The lowest BCUT2D eigenvalue weighted by Crippen LogP contribution is -2.40. The van der Waals surface area contributed by atoms with E-state index < -0.39 is 5.91 Å². The van der Waals surface area contributed by atoms with Crippen LogP contribution in [-0.2, 0) is 9.57 Å². The van der Waals surface area contributed by atoms with Crippen LogP contribution in [-0.4, -0.2) is 29.8 Å². The minimum atomic E-state index is -0.593. The molecule has 0 unspecified atom stereocenters. The number of nitrogens with zero attached hydrogens (tertiary/aromatic N) is 2. The summed E-state index contributed by atoms with van der Waals surface area (Å²) in [5, 5.41) is 3.81. The molecular formula is C6H10N2O2. The third-order valence-electron chi connectivity index (χ3n) is 1.91. The van der Waals surface area contributed by atoms with Crippen LogP contribution in [0.4, 0.5) is 0 Å². The van der Waals surface area contributed by atoms with Crippen LogP contribution in [0.1, 0.15) is 13.8 Å². The van der Waals surface area contributed by atoms with Crippen molar-refractivity contribution in [1.29, 1.82) is 0 Å². The highest BCUT2D eigenvalue weighted by Crippen LogP contribution is 2.29. The second-order valence-electron chi connectivity index (χ2n) is 2.63. The lowest BCUT2D eigenvalue weighted by Gasteiger charge is -2.23. The van der Waals surface area contributed by atoms with Gasteiger partial charge in [0, 0.05) is 13.5 Å². The van der Waals surface area contributed by atoms with E-state index in [0.717, 1.165) is 19.0 Å². The SMILES string of the molecule is CC1=NO[C@]2(C)OCCN12. The van der Waals surface area contributed by atoms with Crippen molar-refractivity contribution in [3.05, 3.63) is 0 Å². The van der Waals surface area contributed by atoms with Crippen molar-refractivity contribution in [2.24, 2.45) is 5.16 Å². The molecule has 4 heteroatoms. The van der Waals surface area contributed by atoms with Gasteiger partial charge in [-0.05, 0) is 6.92 Å². The standard InChI is InChI=1S/C6H10N2O2/c1-5-7-10-6(2)8(5)3-4-9-6/h3-4H2,1-2H3/t6-/m0/s1. The molecule has 0 aromatic rings. The molecular weight excluding hydrogens is 132 g/mol. The minimum Gasteiger partial charge on any atom is -0.337 e.